The van der Waals surface area contributed by atoms with Gasteiger partial charge in [-0.15, -0.1) is 11.3 Å². The van der Waals surface area contributed by atoms with E-state index in [1.165, 1.54) is 23.5 Å². The Hall–Kier alpha value is -2.98. The molecule has 0 atom stereocenters. The maximum atomic E-state index is 14.2. The number of alkyl halides is 2. The molecule has 0 aliphatic rings. The van der Waals surface area contributed by atoms with Crippen LogP contribution >= 0.6 is 11.3 Å². The van der Waals surface area contributed by atoms with Crippen molar-refractivity contribution in [2.75, 3.05) is 13.2 Å². The van der Waals surface area contributed by atoms with Crippen molar-refractivity contribution in [1.82, 2.24) is 15.0 Å². The number of aliphatic hydroxyl groups excluding tert-OH is 1. The highest BCUT2D eigenvalue weighted by Gasteiger charge is 2.16. The number of thiazole rings is 1. The maximum Gasteiger partial charge on any atom is 0.388 e. The Labute approximate surface area is 166 Å². The van der Waals surface area contributed by atoms with Crippen LogP contribution in [0.4, 0.5) is 13.2 Å². The second kappa shape index (κ2) is 7.80. The largest absolute Gasteiger partial charge is 0.488 e. The molecule has 0 aliphatic carbocycles. The van der Waals surface area contributed by atoms with Gasteiger partial charge in [-0.3, -0.25) is 0 Å². The van der Waals surface area contributed by atoms with Crippen molar-refractivity contribution in [2.45, 2.75) is 13.5 Å². The Morgan fingerprint density at radius 2 is 1.97 bits per heavy atom. The summed E-state index contributed by atoms with van der Waals surface area (Å²) in [5.74, 6) is -0.823. The lowest BCUT2D eigenvalue weighted by molar-refractivity contribution is -0.0528. The summed E-state index contributed by atoms with van der Waals surface area (Å²) >= 11 is 1.31. The first-order chi connectivity index (χ1) is 13.9. The quantitative estimate of drug-likeness (QED) is 0.500. The van der Waals surface area contributed by atoms with Crippen molar-refractivity contribution in [3.63, 3.8) is 0 Å². The number of nitrogens with zero attached hydrogens (tertiary/aromatic N) is 3. The second-order valence-electron chi connectivity index (χ2n) is 6.11. The van der Waals surface area contributed by atoms with E-state index in [0.717, 1.165) is 11.8 Å². The molecule has 10 heteroatoms. The van der Waals surface area contributed by atoms with Gasteiger partial charge >= 0.3 is 6.61 Å². The van der Waals surface area contributed by atoms with Gasteiger partial charge in [-0.25, -0.2) is 19.3 Å². The molecule has 0 spiro atoms. The van der Waals surface area contributed by atoms with Gasteiger partial charge in [0.2, 0.25) is 5.88 Å². The fourth-order valence-corrected chi connectivity index (χ4v) is 3.86. The predicted molar refractivity (Wildman–Crippen MR) is 102 cm³/mol. The zero-order valence-corrected chi connectivity index (χ0v) is 15.8. The summed E-state index contributed by atoms with van der Waals surface area (Å²) in [5, 5.41) is 9.43. The van der Waals surface area contributed by atoms with Gasteiger partial charge in [0.05, 0.1) is 34.1 Å². The van der Waals surface area contributed by atoms with Gasteiger partial charge in [0.15, 0.2) is 11.6 Å². The van der Waals surface area contributed by atoms with Crippen LogP contribution in [0.1, 0.15) is 5.56 Å². The van der Waals surface area contributed by atoms with Gasteiger partial charge in [0.25, 0.3) is 0 Å². The number of hydrogen-bond donors (Lipinski definition) is 1. The van der Waals surface area contributed by atoms with Crippen LogP contribution in [0.5, 0.6) is 11.6 Å². The number of aryl methyl sites for hydroxylation is 1. The minimum Gasteiger partial charge on any atom is -0.488 e. The Morgan fingerprint density at radius 3 is 2.72 bits per heavy atom. The molecule has 0 saturated heterocycles. The number of rotatable bonds is 6. The average molecular weight is 421 g/mol. The number of aliphatic hydroxyl groups is 1. The summed E-state index contributed by atoms with van der Waals surface area (Å²) in [7, 11) is 0. The summed E-state index contributed by atoms with van der Waals surface area (Å²) in [6.45, 7) is -1.40. The molecule has 2 aromatic heterocycles. The maximum absolute atomic E-state index is 14.2. The fraction of sp³-hybridized carbons (Fsp3) is 0.211. The topological polar surface area (TPSA) is 77.4 Å². The molecular weight excluding hydrogens is 407 g/mol. The van der Waals surface area contributed by atoms with Crippen LogP contribution in [0.25, 0.3) is 31.8 Å². The molecule has 0 aliphatic heterocycles. The van der Waals surface area contributed by atoms with Crippen molar-refractivity contribution < 1.29 is 27.8 Å². The number of halogens is 3. The highest BCUT2D eigenvalue weighted by atomic mass is 32.1. The van der Waals surface area contributed by atoms with Crippen molar-refractivity contribution >= 4 is 32.6 Å². The van der Waals surface area contributed by atoms with E-state index < -0.39 is 12.4 Å². The third-order valence-electron chi connectivity index (χ3n) is 4.00. The van der Waals surface area contributed by atoms with Crippen LogP contribution in [0.15, 0.2) is 30.5 Å². The Morgan fingerprint density at radius 1 is 1.14 bits per heavy atom. The lowest BCUT2D eigenvalue weighted by Crippen LogP contribution is -2.04. The molecule has 4 rings (SSSR count). The van der Waals surface area contributed by atoms with Crippen LogP contribution in [-0.4, -0.2) is 39.9 Å². The van der Waals surface area contributed by atoms with E-state index in [4.69, 9.17) is 9.84 Å². The van der Waals surface area contributed by atoms with E-state index in [2.05, 4.69) is 19.7 Å². The van der Waals surface area contributed by atoms with Crippen molar-refractivity contribution in [3.8, 4) is 22.2 Å². The Balaban J connectivity index is 1.82. The SMILES string of the molecule is Cc1cc(-c2nc3cc(F)c(OCCO)cc3s2)c2ncc(OC(F)F)nc2c1. The molecule has 0 saturated carbocycles. The van der Waals surface area contributed by atoms with Crippen LogP contribution in [-0.2, 0) is 0 Å². The number of ether oxygens (including phenoxy) is 2. The molecular formula is C19H14F3N3O3S. The number of aromatic nitrogens is 3. The molecule has 1 N–H and O–H groups in total. The van der Waals surface area contributed by atoms with E-state index in [9.17, 15) is 13.2 Å². The van der Waals surface area contributed by atoms with E-state index >= 15 is 0 Å². The Bertz CT molecular complexity index is 1200. The second-order valence-corrected chi connectivity index (χ2v) is 7.14. The Kier molecular flexibility index (Phi) is 5.20. The van der Waals surface area contributed by atoms with E-state index in [0.29, 0.717) is 31.8 Å². The highest BCUT2D eigenvalue weighted by Crippen LogP contribution is 2.37. The molecule has 2 heterocycles. The van der Waals surface area contributed by atoms with Crippen molar-refractivity contribution in [2.24, 2.45) is 0 Å². The van der Waals surface area contributed by atoms with Crippen molar-refractivity contribution in [1.29, 1.82) is 0 Å². The standard InChI is InChI=1S/C19H14F3N3O3S/c1-9-4-10(17-13(5-9)24-16(8-23-17)28-19(21)22)18-25-12-6-11(20)14(27-3-2-26)7-15(12)29-18/h4-8,19,26H,2-3H2,1H3. The predicted octanol–water partition coefficient (Wildman–Crippen LogP) is 4.33. The summed E-state index contributed by atoms with van der Waals surface area (Å²) in [6.07, 6.45) is 1.13. The lowest BCUT2D eigenvalue weighted by Gasteiger charge is -2.07. The first kappa shape index (κ1) is 19.3. The molecule has 0 bridgehead atoms. The van der Waals surface area contributed by atoms with Crippen LogP contribution < -0.4 is 9.47 Å². The zero-order chi connectivity index (χ0) is 20.5. The number of benzene rings is 2. The summed E-state index contributed by atoms with van der Waals surface area (Å²) in [6, 6.07) is 6.35. The van der Waals surface area contributed by atoms with Crippen LogP contribution in [0.2, 0.25) is 0 Å². The first-order valence-corrected chi connectivity index (χ1v) is 9.32. The highest BCUT2D eigenvalue weighted by molar-refractivity contribution is 7.21. The molecule has 29 heavy (non-hydrogen) atoms. The monoisotopic (exact) mass is 421 g/mol. The molecule has 6 nitrogen and oxygen atoms in total. The third kappa shape index (κ3) is 3.94. The summed E-state index contributed by atoms with van der Waals surface area (Å²) in [5.41, 5.74) is 2.77. The van der Waals surface area contributed by atoms with Gasteiger partial charge in [0.1, 0.15) is 11.6 Å². The molecule has 0 unspecified atom stereocenters. The molecule has 2 aromatic carbocycles. The van der Waals surface area contributed by atoms with Crippen LogP contribution in [0, 0.1) is 12.7 Å². The number of hydrogen-bond acceptors (Lipinski definition) is 7. The fourth-order valence-electron chi connectivity index (χ4n) is 2.87. The van der Waals surface area contributed by atoms with E-state index in [-0.39, 0.29) is 24.8 Å². The van der Waals surface area contributed by atoms with Gasteiger partial charge in [-0.05, 0) is 24.6 Å². The van der Waals surface area contributed by atoms with Gasteiger partial charge in [-0.1, -0.05) is 0 Å². The molecule has 4 aromatic rings. The van der Waals surface area contributed by atoms with E-state index in [1.807, 2.05) is 13.0 Å². The third-order valence-corrected chi connectivity index (χ3v) is 5.05. The van der Waals surface area contributed by atoms with Gasteiger partial charge in [0, 0.05) is 17.7 Å². The smallest absolute Gasteiger partial charge is 0.388 e. The molecule has 0 amide bonds. The van der Waals surface area contributed by atoms with Crippen LogP contribution in [0.3, 0.4) is 0 Å². The lowest BCUT2D eigenvalue weighted by atomic mass is 10.1. The molecule has 0 fully saturated rings. The van der Waals surface area contributed by atoms with Crippen molar-refractivity contribution in [3.05, 3.63) is 41.8 Å². The normalized spacial score (nSPS) is 11.5. The molecule has 150 valence electrons. The molecule has 0 radical (unpaired) electrons. The average Bonchev–Trinajstić information content (AvgIpc) is 3.07. The minimum absolute atomic E-state index is 0.0186. The zero-order valence-electron chi connectivity index (χ0n) is 15.0. The first-order valence-electron chi connectivity index (χ1n) is 8.51. The van der Waals surface area contributed by atoms with Gasteiger partial charge in [-0.2, -0.15) is 8.78 Å². The van der Waals surface area contributed by atoms with E-state index in [1.54, 1.807) is 6.07 Å². The van der Waals surface area contributed by atoms with Gasteiger partial charge < -0.3 is 14.6 Å². The minimum atomic E-state index is -2.99. The number of fused-ring (bicyclic) bond motifs is 2. The summed E-state index contributed by atoms with van der Waals surface area (Å²) in [4.78, 5) is 12.8. The summed E-state index contributed by atoms with van der Waals surface area (Å²) < 4.78 is 49.3.